The maximum absolute atomic E-state index is 13.4. The van der Waals surface area contributed by atoms with Crippen LogP contribution in [0.2, 0.25) is 0 Å². The summed E-state index contributed by atoms with van der Waals surface area (Å²) in [7, 11) is 0. The van der Waals surface area contributed by atoms with Crippen molar-refractivity contribution in [2.75, 3.05) is 0 Å². The van der Waals surface area contributed by atoms with Gasteiger partial charge in [-0.05, 0) is 80.6 Å². The molecule has 0 unspecified atom stereocenters. The minimum Gasteiger partial charge on any atom is -0.343 e. The van der Waals surface area contributed by atoms with Gasteiger partial charge in [-0.1, -0.05) is 80.4 Å². The van der Waals surface area contributed by atoms with E-state index in [0.717, 1.165) is 12.0 Å². The van der Waals surface area contributed by atoms with Gasteiger partial charge in [0.15, 0.2) is 11.6 Å². The fourth-order valence-electron chi connectivity index (χ4n) is 7.36. The smallest absolute Gasteiger partial charge is 0.343 e. The van der Waals surface area contributed by atoms with E-state index in [1.54, 1.807) is 19.1 Å². The Bertz CT molecular complexity index is 1200. The molecule has 0 aromatic carbocycles. The van der Waals surface area contributed by atoms with E-state index in [4.69, 9.17) is 0 Å². The van der Waals surface area contributed by atoms with Crippen LogP contribution in [0.15, 0.2) is 23.3 Å². The summed E-state index contributed by atoms with van der Waals surface area (Å²) in [4.78, 5) is 38.0. The molecule has 0 saturated heterocycles. The number of hydrogen-bond acceptors (Lipinski definition) is 4. The van der Waals surface area contributed by atoms with Gasteiger partial charge < -0.3 is 5.32 Å². The lowest BCUT2D eigenvalue weighted by atomic mass is 9.42. The highest BCUT2D eigenvalue weighted by atomic mass is 19.4. The SMILES string of the molecule is CCC(C)(C)CC[C@@](C)(CCC(C)(C)[C@]1(C)CC[C@H]2C(C)(C)C(=O)C(C#N)=C[C@]2(C)/C1=C/C(C)=O)NC(=O)C(F)(F)F. The zero-order chi connectivity index (χ0) is 32.7. The number of nitriles is 1. The summed E-state index contributed by atoms with van der Waals surface area (Å²) in [5, 5.41) is 12.2. The molecule has 42 heavy (non-hydrogen) atoms. The lowest BCUT2D eigenvalue weighted by Crippen LogP contribution is -2.56. The molecule has 0 bridgehead atoms. The molecule has 0 aromatic heterocycles. The van der Waals surface area contributed by atoms with E-state index < -0.39 is 39.3 Å². The van der Waals surface area contributed by atoms with Crippen LogP contribution in [0.4, 0.5) is 13.2 Å². The van der Waals surface area contributed by atoms with Crippen LogP contribution in [0.25, 0.3) is 0 Å². The maximum atomic E-state index is 13.4. The first-order valence-electron chi connectivity index (χ1n) is 15.1. The van der Waals surface area contributed by atoms with Crippen LogP contribution < -0.4 is 5.32 Å². The number of nitrogens with one attached hydrogen (secondary N) is 1. The number of alkyl halides is 3. The molecule has 1 saturated carbocycles. The first-order valence-corrected chi connectivity index (χ1v) is 15.1. The maximum Gasteiger partial charge on any atom is 0.471 e. The van der Waals surface area contributed by atoms with Crippen molar-refractivity contribution < 1.29 is 27.6 Å². The van der Waals surface area contributed by atoms with Crippen molar-refractivity contribution in [2.24, 2.45) is 33.0 Å². The number of Topliss-reactive ketones (excluding diaryl/α,β-unsaturated/α-hetero) is 1. The number of ketones is 2. The largest absolute Gasteiger partial charge is 0.471 e. The molecule has 1 N–H and O–H groups in total. The van der Waals surface area contributed by atoms with Crippen LogP contribution >= 0.6 is 0 Å². The van der Waals surface area contributed by atoms with Crippen molar-refractivity contribution in [2.45, 2.75) is 133 Å². The van der Waals surface area contributed by atoms with E-state index in [1.165, 1.54) is 6.92 Å². The van der Waals surface area contributed by atoms with Crippen LogP contribution in [0.3, 0.4) is 0 Å². The third-order valence-corrected chi connectivity index (χ3v) is 11.2. The number of hydrogen-bond donors (Lipinski definition) is 1. The van der Waals surface area contributed by atoms with Gasteiger partial charge in [-0.15, -0.1) is 0 Å². The molecule has 5 nitrogen and oxygen atoms in total. The van der Waals surface area contributed by atoms with Gasteiger partial charge in [0, 0.05) is 16.4 Å². The van der Waals surface area contributed by atoms with E-state index in [2.05, 4.69) is 46.0 Å². The highest BCUT2D eigenvalue weighted by Gasteiger charge is 2.61. The molecule has 0 spiro atoms. The van der Waals surface area contributed by atoms with Crippen molar-refractivity contribution in [3.8, 4) is 6.07 Å². The average molecular weight is 593 g/mol. The fourth-order valence-corrected chi connectivity index (χ4v) is 7.36. The first-order chi connectivity index (χ1) is 18.8. The number of rotatable bonds is 10. The first kappa shape index (κ1) is 35.8. The molecule has 0 aliphatic heterocycles. The Kier molecular flexibility index (Phi) is 9.86. The number of fused-ring (bicyclic) bond motifs is 1. The predicted molar refractivity (Wildman–Crippen MR) is 159 cm³/mol. The summed E-state index contributed by atoms with van der Waals surface area (Å²) in [6.45, 7) is 21.3. The molecule has 4 atom stereocenters. The summed E-state index contributed by atoms with van der Waals surface area (Å²) in [5.41, 5.74) is -2.87. The monoisotopic (exact) mass is 592 g/mol. The normalized spacial score (nSPS) is 28.8. The Hall–Kier alpha value is -2.43. The molecule has 1 fully saturated rings. The summed E-state index contributed by atoms with van der Waals surface area (Å²) in [5.74, 6) is -2.39. The number of carbonyl (C=O) groups is 3. The molecule has 236 valence electrons. The quantitative estimate of drug-likeness (QED) is 0.258. The average Bonchev–Trinajstić information content (AvgIpc) is 2.85. The van der Waals surface area contributed by atoms with Gasteiger partial charge in [0.2, 0.25) is 0 Å². The Balaban J connectivity index is 2.58. The summed E-state index contributed by atoms with van der Waals surface area (Å²) in [6, 6.07) is 2.08. The van der Waals surface area contributed by atoms with Crippen LogP contribution in [0.5, 0.6) is 0 Å². The Morgan fingerprint density at radius 2 is 1.60 bits per heavy atom. The number of amides is 1. The van der Waals surface area contributed by atoms with Crippen LogP contribution in [-0.2, 0) is 14.4 Å². The van der Waals surface area contributed by atoms with Crippen LogP contribution in [0.1, 0.15) is 121 Å². The van der Waals surface area contributed by atoms with Gasteiger partial charge in [-0.25, -0.2) is 0 Å². The zero-order valence-corrected chi connectivity index (χ0v) is 27.5. The lowest BCUT2D eigenvalue weighted by Gasteiger charge is -2.61. The van der Waals surface area contributed by atoms with Gasteiger partial charge in [0.1, 0.15) is 6.07 Å². The number of nitrogens with zero attached hydrogens (tertiary/aromatic N) is 1. The van der Waals surface area contributed by atoms with Crippen molar-refractivity contribution in [1.29, 1.82) is 5.26 Å². The highest BCUT2D eigenvalue weighted by molar-refractivity contribution is 6.04. The van der Waals surface area contributed by atoms with Crippen molar-refractivity contribution >= 4 is 17.5 Å². The molecular formula is C34H51F3N2O3. The van der Waals surface area contributed by atoms with E-state index in [1.807, 2.05) is 27.7 Å². The Morgan fingerprint density at radius 3 is 2.07 bits per heavy atom. The molecule has 0 heterocycles. The summed E-state index contributed by atoms with van der Waals surface area (Å²) >= 11 is 0. The topological polar surface area (TPSA) is 87.0 Å². The standard InChI is InChI=1S/C34H51F3N2O3/c1-12-28(3,4)15-17-31(9,39-27(42)34(35,36)37)18-16-29(5,6)33(11)14-13-24-30(7,8)26(41)23(21-38)20-32(24,10)25(33)19-22(2)40/h19-20,24H,12-18H2,1-11H3,(H,39,42)/b25-19-/t24-,31-,32-,33+/m0/s1. The van der Waals surface area contributed by atoms with Crippen molar-refractivity contribution in [3.63, 3.8) is 0 Å². The molecule has 2 rings (SSSR count). The minimum absolute atomic E-state index is 0.0912. The number of allylic oxidation sites excluding steroid dienone is 4. The number of carbonyl (C=O) groups excluding carboxylic acids is 3. The minimum atomic E-state index is -4.98. The summed E-state index contributed by atoms with van der Waals surface area (Å²) < 4.78 is 40.1. The predicted octanol–water partition coefficient (Wildman–Crippen LogP) is 8.44. The van der Waals surface area contributed by atoms with E-state index in [-0.39, 0.29) is 28.5 Å². The van der Waals surface area contributed by atoms with E-state index in [9.17, 15) is 32.8 Å². The molecule has 2 aliphatic rings. The summed E-state index contributed by atoms with van der Waals surface area (Å²) in [6.07, 6.45) is 2.46. The van der Waals surface area contributed by atoms with Gasteiger partial charge >= 0.3 is 12.1 Å². The molecule has 8 heteroatoms. The second-order valence-corrected chi connectivity index (χ2v) is 15.5. The second kappa shape index (κ2) is 11.6. The van der Waals surface area contributed by atoms with Crippen LogP contribution in [0, 0.1) is 44.3 Å². The third-order valence-electron chi connectivity index (χ3n) is 11.2. The van der Waals surface area contributed by atoms with E-state index >= 15 is 0 Å². The highest BCUT2D eigenvalue weighted by Crippen LogP contribution is 2.67. The Morgan fingerprint density at radius 1 is 1.05 bits per heavy atom. The van der Waals surface area contributed by atoms with E-state index in [0.29, 0.717) is 38.5 Å². The lowest BCUT2D eigenvalue weighted by molar-refractivity contribution is -0.176. The van der Waals surface area contributed by atoms with Crippen LogP contribution in [-0.4, -0.2) is 29.2 Å². The van der Waals surface area contributed by atoms with Gasteiger partial charge in [0.25, 0.3) is 0 Å². The molecule has 1 amide bonds. The molecule has 0 radical (unpaired) electrons. The molecule has 2 aliphatic carbocycles. The van der Waals surface area contributed by atoms with Gasteiger partial charge in [-0.3, -0.25) is 14.4 Å². The molecular weight excluding hydrogens is 541 g/mol. The van der Waals surface area contributed by atoms with Gasteiger partial charge in [-0.2, -0.15) is 18.4 Å². The molecule has 0 aromatic rings. The fraction of sp³-hybridized carbons (Fsp3) is 0.765. The second-order valence-electron chi connectivity index (χ2n) is 15.5. The number of halogens is 3. The van der Waals surface area contributed by atoms with Crippen molar-refractivity contribution in [3.05, 3.63) is 23.3 Å². The third kappa shape index (κ3) is 6.86. The van der Waals surface area contributed by atoms with Gasteiger partial charge in [0.05, 0.1) is 5.57 Å². The van der Waals surface area contributed by atoms with Crippen molar-refractivity contribution in [1.82, 2.24) is 5.32 Å². The zero-order valence-electron chi connectivity index (χ0n) is 27.5. The Labute approximate surface area is 250 Å².